The summed E-state index contributed by atoms with van der Waals surface area (Å²) in [5.74, 6) is -0.520. The number of imide groups is 1. The van der Waals surface area contributed by atoms with Crippen LogP contribution in [-0.2, 0) is 20.8 Å². The Morgan fingerprint density at radius 3 is 2.67 bits per heavy atom. The van der Waals surface area contributed by atoms with E-state index in [1.807, 2.05) is 30.3 Å². The summed E-state index contributed by atoms with van der Waals surface area (Å²) < 4.78 is 0. The van der Waals surface area contributed by atoms with Crippen LogP contribution in [0.1, 0.15) is 12.0 Å². The Labute approximate surface area is 167 Å². The Morgan fingerprint density at radius 1 is 1.15 bits per heavy atom. The van der Waals surface area contributed by atoms with Crippen molar-refractivity contribution >= 4 is 46.8 Å². The van der Waals surface area contributed by atoms with Gasteiger partial charge in [0.25, 0.3) is 0 Å². The number of benzene rings is 2. The second-order valence-electron chi connectivity index (χ2n) is 6.18. The van der Waals surface area contributed by atoms with E-state index in [-0.39, 0.29) is 29.9 Å². The second-order valence-corrected chi connectivity index (χ2v) is 7.81. The van der Waals surface area contributed by atoms with Gasteiger partial charge in [0.1, 0.15) is 0 Å². The Bertz CT molecular complexity index is 844. The highest BCUT2D eigenvalue weighted by atomic mass is 35.5. The number of likely N-dealkylation sites (tertiary alicyclic amines) is 1. The first-order valence-electron chi connectivity index (χ1n) is 8.58. The first kappa shape index (κ1) is 19.5. The molecule has 0 bridgehead atoms. The van der Waals surface area contributed by atoms with E-state index >= 15 is 0 Å². The first-order valence-corrected chi connectivity index (χ1v) is 10.0. The fourth-order valence-corrected chi connectivity index (χ4v) is 3.99. The number of amides is 3. The van der Waals surface area contributed by atoms with Gasteiger partial charge in [-0.05, 0) is 30.2 Å². The molecule has 0 spiro atoms. The van der Waals surface area contributed by atoms with Crippen LogP contribution < -0.4 is 5.32 Å². The van der Waals surface area contributed by atoms with E-state index in [0.29, 0.717) is 23.7 Å². The molecule has 1 aliphatic heterocycles. The number of carbonyl (C=O) groups is 3. The largest absolute Gasteiger partial charge is 0.325 e. The lowest BCUT2D eigenvalue weighted by Crippen LogP contribution is -2.33. The first-order chi connectivity index (χ1) is 13.0. The fourth-order valence-electron chi connectivity index (χ4n) is 2.84. The van der Waals surface area contributed by atoms with Gasteiger partial charge in [-0.1, -0.05) is 48.0 Å². The van der Waals surface area contributed by atoms with Gasteiger partial charge in [0.15, 0.2) is 0 Å². The van der Waals surface area contributed by atoms with Crippen molar-refractivity contribution in [3.05, 3.63) is 65.2 Å². The minimum atomic E-state index is -0.501. The summed E-state index contributed by atoms with van der Waals surface area (Å²) in [6.07, 6.45) is 0.772. The Hall–Kier alpha value is -2.31. The standard InChI is InChI=1S/C20H19ClN2O3S/c21-15-7-4-8-16(11-15)22-18(24)13-27-17-12-19(25)23(20(17)26)10-9-14-5-2-1-3-6-14/h1-8,11,17H,9-10,12-13H2,(H,22,24)/t17-/m1/s1. The lowest BCUT2D eigenvalue weighted by atomic mass is 10.1. The molecular formula is C20H19ClN2O3S. The molecule has 0 radical (unpaired) electrons. The molecule has 0 aliphatic carbocycles. The monoisotopic (exact) mass is 402 g/mol. The lowest BCUT2D eigenvalue weighted by molar-refractivity contribution is -0.138. The number of carbonyl (C=O) groups excluding carboxylic acids is 3. The molecule has 1 heterocycles. The molecule has 1 fully saturated rings. The van der Waals surface area contributed by atoms with Crippen LogP contribution in [0.5, 0.6) is 0 Å². The topological polar surface area (TPSA) is 66.5 Å². The number of nitrogens with zero attached hydrogens (tertiary/aromatic N) is 1. The molecular weight excluding hydrogens is 384 g/mol. The highest BCUT2D eigenvalue weighted by Crippen LogP contribution is 2.26. The number of thioether (sulfide) groups is 1. The normalized spacial score (nSPS) is 16.6. The summed E-state index contributed by atoms with van der Waals surface area (Å²) in [4.78, 5) is 38.0. The predicted molar refractivity (Wildman–Crippen MR) is 108 cm³/mol. The quantitative estimate of drug-likeness (QED) is 0.721. The van der Waals surface area contributed by atoms with E-state index in [1.165, 1.54) is 16.7 Å². The van der Waals surface area contributed by atoms with E-state index < -0.39 is 5.25 Å². The van der Waals surface area contributed by atoms with Crippen LogP contribution in [0.4, 0.5) is 5.69 Å². The molecule has 140 valence electrons. The molecule has 5 nitrogen and oxygen atoms in total. The second kappa shape index (κ2) is 9.06. The van der Waals surface area contributed by atoms with Crippen LogP contribution in [0.3, 0.4) is 0 Å². The average Bonchev–Trinajstić information content (AvgIpc) is 2.92. The van der Waals surface area contributed by atoms with Crippen LogP contribution in [0.15, 0.2) is 54.6 Å². The van der Waals surface area contributed by atoms with E-state index in [2.05, 4.69) is 5.32 Å². The van der Waals surface area contributed by atoms with Crippen molar-refractivity contribution in [2.45, 2.75) is 18.1 Å². The minimum absolute atomic E-state index is 0.0999. The van der Waals surface area contributed by atoms with Gasteiger partial charge < -0.3 is 5.32 Å². The molecule has 1 N–H and O–H groups in total. The molecule has 3 rings (SSSR count). The summed E-state index contributed by atoms with van der Waals surface area (Å²) in [5.41, 5.74) is 1.68. The SMILES string of the molecule is O=C(CS[C@@H]1CC(=O)N(CCc2ccccc2)C1=O)Nc1cccc(Cl)c1. The van der Waals surface area contributed by atoms with Gasteiger partial charge in [-0.25, -0.2) is 0 Å². The summed E-state index contributed by atoms with van der Waals surface area (Å²) in [6, 6.07) is 16.6. The van der Waals surface area contributed by atoms with E-state index in [1.54, 1.807) is 24.3 Å². The number of nitrogens with one attached hydrogen (secondary N) is 1. The van der Waals surface area contributed by atoms with Crippen molar-refractivity contribution in [3.63, 3.8) is 0 Å². The molecule has 0 saturated carbocycles. The summed E-state index contributed by atoms with van der Waals surface area (Å²) in [6.45, 7) is 0.369. The lowest BCUT2D eigenvalue weighted by Gasteiger charge is -2.14. The number of anilines is 1. The van der Waals surface area contributed by atoms with E-state index in [0.717, 1.165) is 5.56 Å². The maximum absolute atomic E-state index is 12.5. The van der Waals surface area contributed by atoms with Crippen molar-refractivity contribution < 1.29 is 14.4 Å². The third-order valence-corrected chi connectivity index (χ3v) is 5.63. The van der Waals surface area contributed by atoms with Gasteiger partial charge in [0.2, 0.25) is 17.7 Å². The maximum atomic E-state index is 12.5. The summed E-state index contributed by atoms with van der Waals surface area (Å²) in [5, 5.41) is 2.77. The van der Waals surface area contributed by atoms with Crippen molar-refractivity contribution in [2.75, 3.05) is 17.6 Å². The number of hydrogen-bond donors (Lipinski definition) is 1. The average molecular weight is 403 g/mol. The van der Waals surface area contributed by atoms with Crippen molar-refractivity contribution in [3.8, 4) is 0 Å². The zero-order valence-electron chi connectivity index (χ0n) is 14.6. The van der Waals surface area contributed by atoms with Gasteiger partial charge in [-0.2, -0.15) is 0 Å². The summed E-state index contributed by atoms with van der Waals surface area (Å²) in [7, 11) is 0. The zero-order valence-corrected chi connectivity index (χ0v) is 16.1. The van der Waals surface area contributed by atoms with Gasteiger partial charge in [0, 0.05) is 23.7 Å². The van der Waals surface area contributed by atoms with E-state index in [4.69, 9.17) is 11.6 Å². The molecule has 27 heavy (non-hydrogen) atoms. The van der Waals surface area contributed by atoms with Crippen molar-refractivity contribution in [2.24, 2.45) is 0 Å². The number of halogens is 1. The molecule has 1 atom stereocenters. The smallest absolute Gasteiger partial charge is 0.242 e. The van der Waals surface area contributed by atoms with Crippen LogP contribution in [0, 0.1) is 0 Å². The Balaban J connectivity index is 1.48. The molecule has 3 amide bonds. The molecule has 1 saturated heterocycles. The molecule has 0 unspecified atom stereocenters. The highest BCUT2D eigenvalue weighted by molar-refractivity contribution is 8.01. The molecule has 2 aromatic rings. The van der Waals surface area contributed by atoms with Gasteiger partial charge >= 0.3 is 0 Å². The van der Waals surface area contributed by atoms with Crippen LogP contribution in [0.25, 0.3) is 0 Å². The Kier molecular flexibility index (Phi) is 6.53. The molecule has 2 aromatic carbocycles. The maximum Gasteiger partial charge on any atom is 0.242 e. The van der Waals surface area contributed by atoms with Crippen molar-refractivity contribution in [1.82, 2.24) is 4.90 Å². The molecule has 0 aromatic heterocycles. The Morgan fingerprint density at radius 2 is 1.93 bits per heavy atom. The summed E-state index contributed by atoms with van der Waals surface area (Å²) >= 11 is 7.09. The minimum Gasteiger partial charge on any atom is -0.325 e. The molecule has 7 heteroatoms. The zero-order chi connectivity index (χ0) is 19.2. The number of hydrogen-bond acceptors (Lipinski definition) is 4. The third-order valence-electron chi connectivity index (χ3n) is 4.19. The van der Waals surface area contributed by atoms with E-state index in [9.17, 15) is 14.4 Å². The van der Waals surface area contributed by atoms with Gasteiger partial charge in [-0.3, -0.25) is 19.3 Å². The fraction of sp³-hybridized carbons (Fsp3) is 0.250. The van der Waals surface area contributed by atoms with Crippen molar-refractivity contribution in [1.29, 1.82) is 0 Å². The van der Waals surface area contributed by atoms with Gasteiger partial charge in [-0.15, -0.1) is 11.8 Å². The van der Waals surface area contributed by atoms with Crippen LogP contribution in [0.2, 0.25) is 5.02 Å². The van der Waals surface area contributed by atoms with Crippen LogP contribution >= 0.6 is 23.4 Å². The third kappa shape index (κ3) is 5.34. The van der Waals surface area contributed by atoms with Crippen LogP contribution in [-0.4, -0.2) is 40.2 Å². The predicted octanol–water partition coefficient (Wildman–Crippen LogP) is 3.38. The van der Waals surface area contributed by atoms with Gasteiger partial charge in [0.05, 0.1) is 11.0 Å². The highest BCUT2D eigenvalue weighted by Gasteiger charge is 2.38. The number of rotatable bonds is 7. The molecule has 1 aliphatic rings.